The number of anilines is 1. The Hall–Kier alpha value is -3.26. The zero-order chi connectivity index (χ0) is 21.3. The molecule has 0 radical (unpaired) electrons. The molecule has 154 valence electrons. The summed E-state index contributed by atoms with van der Waals surface area (Å²) in [6.45, 7) is 1.68. The van der Waals surface area contributed by atoms with Crippen molar-refractivity contribution in [1.82, 2.24) is 4.98 Å². The van der Waals surface area contributed by atoms with Crippen LogP contribution in [0.25, 0.3) is 10.9 Å². The molecule has 0 aliphatic heterocycles. The van der Waals surface area contributed by atoms with Gasteiger partial charge >= 0.3 is 5.97 Å². The summed E-state index contributed by atoms with van der Waals surface area (Å²) >= 11 is 1.37. The van der Waals surface area contributed by atoms with Gasteiger partial charge in [-0.25, -0.2) is 9.78 Å². The molecule has 30 heavy (non-hydrogen) atoms. The van der Waals surface area contributed by atoms with Gasteiger partial charge in [-0.05, 0) is 42.9 Å². The van der Waals surface area contributed by atoms with E-state index in [9.17, 15) is 14.4 Å². The minimum atomic E-state index is -0.690. The molecule has 0 unspecified atom stereocenters. The van der Waals surface area contributed by atoms with Crippen molar-refractivity contribution < 1.29 is 19.1 Å². The van der Waals surface area contributed by atoms with Gasteiger partial charge in [-0.15, -0.1) is 11.3 Å². The number of nitrogens with two attached hydrogens (primary N) is 1. The molecule has 3 aromatic rings. The number of carbonyl (C=O) groups excluding carboxylic acids is 3. The van der Waals surface area contributed by atoms with Crippen LogP contribution < -0.4 is 11.1 Å². The molecule has 0 saturated heterocycles. The predicted octanol–water partition coefficient (Wildman–Crippen LogP) is 3.32. The number of benzene rings is 1. The maximum absolute atomic E-state index is 12.4. The second-order valence-electron chi connectivity index (χ2n) is 7.43. The van der Waals surface area contributed by atoms with E-state index in [1.807, 2.05) is 18.2 Å². The van der Waals surface area contributed by atoms with Gasteiger partial charge in [0.2, 0.25) is 0 Å². The molecule has 0 fully saturated rings. The Kier molecular flexibility index (Phi) is 5.50. The maximum Gasteiger partial charge on any atom is 0.357 e. The fourth-order valence-corrected chi connectivity index (χ4v) is 5.08. The monoisotopic (exact) mass is 423 g/mol. The predicted molar refractivity (Wildman–Crippen MR) is 115 cm³/mol. The van der Waals surface area contributed by atoms with E-state index in [1.54, 1.807) is 18.2 Å². The molecular formula is C22H21N3O4S. The maximum atomic E-state index is 12.4. The lowest BCUT2D eigenvalue weighted by atomic mass is 9.88. The highest BCUT2D eigenvalue weighted by atomic mass is 32.1. The van der Waals surface area contributed by atoms with Crippen LogP contribution in [0.15, 0.2) is 36.4 Å². The third kappa shape index (κ3) is 4.04. The molecule has 3 N–H and O–H groups in total. The van der Waals surface area contributed by atoms with Crippen molar-refractivity contribution in [2.24, 2.45) is 11.7 Å². The van der Waals surface area contributed by atoms with E-state index in [0.29, 0.717) is 22.0 Å². The van der Waals surface area contributed by atoms with Crippen LogP contribution in [0.4, 0.5) is 5.00 Å². The highest BCUT2D eigenvalue weighted by Gasteiger charge is 2.27. The van der Waals surface area contributed by atoms with Gasteiger partial charge in [0.15, 0.2) is 6.61 Å². The minimum absolute atomic E-state index is 0.125. The van der Waals surface area contributed by atoms with Crippen molar-refractivity contribution in [2.45, 2.75) is 26.2 Å². The zero-order valence-electron chi connectivity index (χ0n) is 16.4. The Morgan fingerprint density at radius 2 is 2.03 bits per heavy atom. The normalized spacial score (nSPS) is 15.4. The highest BCUT2D eigenvalue weighted by Crippen LogP contribution is 2.39. The molecular weight excluding hydrogens is 402 g/mol. The van der Waals surface area contributed by atoms with Crippen LogP contribution in [-0.2, 0) is 22.4 Å². The number of fused-ring (bicyclic) bond motifs is 2. The van der Waals surface area contributed by atoms with Gasteiger partial charge in [-0.3, -0.25) is 9.59 Å². The standard InChI is InChI=1S/C22H21N3O4S/c1-12-6-8-14-17(10-12)30-21(19(14)20(23)27)25-18(26)11-29-22(28)16-9-7-13-4-2-3-5-15(13)24-16/h2-5,7,9,12H,6,8,10-11H2,1H3,(H2,23,27)(H,25,26)/t12-/m1/s1. The summed E-state index contributed by atoms with van der Waals surface area (Å²) < 4.78 is 5.11. The summed E-state index contributed by atoms with van der Waals surface area (Å²) in [5.41, 5.74) is 7.65. The van der Waals surface area contributed by atoms with Crippen LogP contribution in [-0.4, -0.2) is 29.4 Å². The van der Waals surface area contributed by atoms with Gasteiger partial charge in [-0.1, -0.05) is 31.2 Å². The van der Waals surface area contributed by atoms with E-state index in [4.69, 9.17) is 10.5 Å². The molecule has 1 aromatic carbocycles. The molecule has 7 nitrogen and oxygen atoms in total. The SMILES string of the molecule is C[C@@H]1CCc2c(sc(NC(=O)COC(=O)c3ccc4ccccc4n3)c2C(N)=O)C1. The van der Waals surface area contributed by atoms with Gasteiger partial charge in [-0.2, -0.15) is 0 Å². The molecule has 8 heteroatoms. The van der Waals surface area contributed by atoms with Crippen LogP contribution in [0.3, 0.4) is 0 Å². The lowest BCUT2D eigenvalue weighted by Crippen LogP contribution is -2.23. The second-order valence-corrected chi connectivity index (χ2v) is 8.54. The number of pyridine rings is 1. The third-order valence-corrected chi connectivity index (χ3v) is 6.32. The van der Waals surface area contributed by atoms with E-state index in [1.165, 1.54) is 11.3 Å². The van der Waals surface area contributed by atoms with Gasteiger partial charge in [0.1, 0.15) is 10.7 Å². The average molecular weight is 423 g/mol. The largest absolute Gasteiger partial charge is 0.451 e. The summed E-state index contributed by atoms with van der Waals surface area (Å²) in [6, 6.07) is 10.7. The van der Waals surface area contributed by atoms with Crippen molar-refractivity contribution in [2.75, 3.05) is 11.9 Å². The quantitative estimate of drug-likeness (QED) is 0.612. The number of carbonyl (C=O) groups is 3. The molecule has 1 atom stereocenters. The average Bonchev–Trinajstić information content (AvgIpc) is 3.08. The van der Waals surface area contributed by atoms with Crippen molar-refractivity contribution in [3.63, 3.8) is 0 Å². The van der Waals surface area contributed by atoms with Crippen LogP contribution in [0, 0.1) is 5.92 Å². The van der Waals surface area contributed by atoms with Crippen LogP contribution in [0.1, 0.15) is 44.6 Å². The topological polar surface area (TPSA) is 111 Å². The fraction of sp³-hybridized carbons (Fsp3) is 0.273. The van der Waals surface area contributed by atoms with Gasteiger partial charge in [0.05, 0.1) is 11.1 Å². The van der Waals surface area contributed by atoms with E-state index in [-0.39, 0.29) is 5.69 Å². The number of rotatable bonds is 5. The van der Waals surface area contributed by atoms with Crippen molar-refractivity contribution >= 4 is 45.0 Å². The number of hydrogen-bond donors (Lipinski definition) is 2. The number of primary amides is 1. The third-order valence-electron chi connectivity index (χ3n) is 5.15. The number of esters is 1. The number of nitrogens with one attached hydrogen (secondary N) is 1. The van der Waals surface area contributed by atoms with Gasteiger partial charge in [0, 0.05) is 10.3 Å². The van der Waals surface area contributed by atoms with E-state index in [0.717, 1.165) is 35.1 Å². The Morgan fingerprint density at radius 1 is 1.23 bits per heavy atom. The van der Waals surface area contributed by atoms with E-state index in [2.05, 4.69) is 17.2 Å². The Bertz CT molecular complexity index is 1150. The Labute approximate surface area is 177 Å². The molecule has 1 aliphatic carbocycles. The van der Waals surface area contributed by atoms with Crippen LogP contribution >= 0.6 is 11.3 Å². The lowest BCUT2D eigenvalue weighted by Gasteiger charge is -2.18. The van der Waals surface area contributed by atoms with Gasteiger partial charge in [0.25, 0.3) is 11.8 Å². The number of nitrogens with zero attached hydrogens (tertiary/aromatic N) is 1. The number of thiophene rings is 1. The smallest absolute Gasteiger partial charge is 0.357 e. The summed E-state index contributed by atoms with van der Waals surface area (Å²) in [5, 5.41) is 4.01. The second kappa shape index (κ2) is 8.23. The number of amides is 2. The molecule has 4 rings (SSSR count). The first-order chi connectivity index (χ1) is 14.4. The molecule has 2 amide bonds. The molecule has 1 aliphatic rings. The van der Waals surface area contributed by atoms with Crippen molar-refractivity contribution in [3.05, 3.63) is 58.1 Å². The summed E-state index contributed by atoms with van der Waals surface area (Å²) in [6.07, 6.45) is 2.61. The highest BCUT2D eigenvalue weighted by molar-refractivity contribution is 7.17. The first-order valence-electron chi connectivity index (χ1n) is 9.69. The van der Waals surface area contributed by atoms with E-state index < -0.39 is 24.4 Å². The molecule has 2 aromatic heterocycles. The van der Waals surface area contributed by atoms with Crippen LogP contribution in [0.2, 0.25) is 0 Å². The Morgan fingerprint density at radius 3 is 2.83 bits per heavy atom. The van der Waals surface area contributed by atoms with E-state index >= 15 is 0 Å². The summed E-state index contributed by atoms with van der Waals surface area (Å²) in [4.78, 5) is 41.9. The number of para-hydroxylation sites is 1. The van der Waals surface area contributed by atoms with Crippen LogP contribution in [0.5, 0.6) is 0 Å². The molecule has 0 bridgehead atoms. The summed E-state index contributed by atoms with van der Waals surface area (Å²) in [5.74, 6) is -1.26. The van der Waals surface area contributed by atoms with Crippen molar-refractivity contribution in [3.8, 4) is 0 Å². The fourth-order valence-electron chi connectivity index (χ4n) is 3.65. The zero-order valence-corrected chi connectivity index (χ0v) is 17.3. The lowest BCUT2D eigenvalue weighted by molar-refractivity contribution is -0.119. The van der Waals surface area contributed by atoms with Crippen molar-refractivity contribution in [1.29, 1.82) is 0 Å². The first kappa shape index (κ1) is 20.0. The first-order valence-corrected chi connectivity index (χ1v) is 10.5. The molecule has 2 heterocycles. The number of ether oxygens (including phenoxy) is 1. The molecule has 0 spiro atoms. The number of hydrogen-bond acceptors (Lipinski definition) is 6. The van der Waals surface area contributed by atoms with Gasteiger partial charge < -0.3 is 15.8 Å². The Balaban J connectivity index is 1.43. The minimum Gasteiger partial charge on any atom is -0.451 e. The molecule has 0 saturated carbocycles. The number of aromatic nitrogens is 1. The summed E-state index contributed by atoms with van der Waals surface area (Å²) in [7, 11) is 0.